The Morgan fingerprint density at radius 1 is 1.13 bits per heavy atom. The first-order chi connectivity index (χ1) is 14.0. The summed E-state index contributed by atoms with van der Waals surface area (Å²) in [5, 5.41) is 5.28. The van der Waals surface area contributed by atoms with Crippen LogP contribution in [0.4, 0.5) is 18.9 Å². The van der Waals surface area contributed by atoms with Crippen molar-refractivity contribution in [1.82, 2.24) is 9.78 Å². The molecule has 0 saturated heterocycles. The number of amides is 1. The molecule has 1 heterocycles. The molecule has 0 bridgehead atoms. The fraction of sp³-hybridized carbons (Fsp3) is 0.111. The number of anilines is 1. The molecule has 1 aromatic heterocycles. The quantitative estimate of drug-likeness (QED) is 0.573. The predicted molar refractivity (Wildman–Crippen MR) is 106 cm³/mol. The number of aromatic nitrogens is 2. The van der Waals surface area contributed by atoms with Gasteiger partial charge < -0.3 is 5.32 Å². The molecule has 1 amide bonds. The monoisotopic (exact) mass is 477 g/mol. The third kappa shape index (κ3) is 4.30. The molecular weight excluding hydrogens is 466 g/mol. The van der Waals surface area contributed by atoms with E-state index in [1.54, 1.807) is 0 Å². The molecule has 2 aromatic carbocycles. The van der Waals surface area contributed by atoms with Crippen molar-refractivity contribution in [3.8, 4) is 11.1 Å². The van der Waals surface area contributed by atoms with Crippen LogP contribution in [0.1, 0.15) is 10.4 Å². The van der Waals surface area contributed by atoms with Gasteiger partial charge in [0.1, 0.15) is 5.82 Å². The van der Waals surface area contributed by atoms with Crippen molar-refractivity contribution in [3.63, 3.8) is 0 Å². The summed E-state index contributed by atoms with van der Waals surface area (Å²) in [7, 11) is -3.84. The van der Waals surface area contributed by atoms with Gasteiger partial charge in [-0.25, -0.2) is 12.8 Å². The number of rotatable bonds is 5. The molecule has 0 fully saturated rings. The second-order valence-electron chi connectivity index (χ2n) is 6.10. The van der Waals surface area contributed by atoms with Crippen molar-refractivity contribution in [1.29, 1.82) is 0 Å². The van der Waals surface area contributed by atoms with Gasteiger partial charge in [-0.05, 0) is 35.9 Å². The van der Waals surface area contributed by atoms with Crippen LogP contribution in [-0.4, -0.2) is 29.9 Å². The molecule has 1 N–H and O–H groups in total. The van der Waals surface area contributed by atoms with Crippen LogP contribution in [0.2, 0.25) is 10.0 Å². The average molecular weight is 478 g/mol. The lowest BCUT2D eigenvalue weighted by Gasteiger charge is -2.12. The summed E-state index contributed by atoms with van der Waals surface area (Å²) in [5.74, 6) is -5.39. The number of hydrogen-bond donors (Lipinski definition) is 1. The minimum atomic E-state index is -5.12. The summed E-state index contributed by atoms with van der Waals surface area (Å²) in [6.45, 7) is 0. The van der Waals surface area contributed by atoms with Gasteiger partial charge in [-0.3, -0.25) is 9.48 Å². The van der Waals surface area contributed by atoms with Crippen molar-refractivity contribution < 1.29 is 26.4 Å². The van der Waals surface area contributed by atoms with Crippen LogP contribution in [0.15, 0.2) is 47.6 Å². The minimum Gasteiger partial charge on any atom is -0.321 e. The third-order valence-corrected chi connectivity index (χ3v) is 6.05. The smallest absolute Gasteiger partial charge is 0.321 e. The summed E-state index contributed by atoms with van der Waals surface area (Å²) in [5.41, 5.74) is 0.126. The van der Waals surface area contributed by atoms with Gasteiger partial charge in [0.15, 0.2) is 5.03 Å². The Labute approximate surface area is 179 Å². The lowest BCUT2D eigenvalue weighted by molar-refractivity contribution is 0.102. The number of aryl methyl sites for hydroxylation is 1. The molecule has 0 aliphatic carbocycles. The maximum atomic E-state index is 13.8. The van der Waals surface area contributed by atoms with E-state index in [1.807, 2.05) is 0 Å². The molecule has 0 radical (unpaired) electrons. The summed E-state index contributed by atoms with van der Waals surface area (Å²) < 4.78 is 64.3. The molecule has 0 aliphatic rings. The van der Waals surface area contributed by atoms with Gasteiger partial charge in [0.25, 0.3) is 15.7 Å². The number of nitrogens with zero attached hydrogens (tertiary/aromatic N) is 2. The first-order valence-electron chi connectivity index (χ1n) is 8.12. The van der Waals surface area contributed by atoms with E-state index in [4.69, 9.17) is 23.2 Å². The zero-order chi connectivity index (χ0) is 22.2. The van der Waals surface area contributed by atoms with Gasteiger partial charge in [-0.15, -0.1) is 0 Å². The molecule has 30 heavy (non-hydrogen) atoms. The zero-order valence-corrected chi connectivity index (χ0v) is 17.4. The van der Waals surface area contributed by atoms with Crippen LogP contribution in [0, 0.1) is 5.82 Å². The van der Waals surface area contributed by atoms with Gasteiger partial charge in [-0.1, -0.05) is 29.3 Å². The molecule has 0 unspecified atom stereocenters. The highest BCUT2D eigenvalue weighted by Gasteiger charge is 2.34. The number of halogens is 5. The van der Waals surface area contributed by atoms with Crippen molar-refractivity contribution >= 4 is 44.6 Å². The topological polar surface area (TPSA) is 81.1 Å². The maximum absolute atomic E-state index is 13.8. The minimum absolute atomic E-state index is 0.0871. The van der Waals surface area contributed by atoms with Gasteiger partial charge >= 0.3 is 5.76 Å². The number of alkyl halides is 2. The maximum Gasteiger partial charge on any atom is 0.342 e. The van der Waals surface area contributed by atoms with Gasteiger partial charge in [0, 0.05) is 24.5 Å². The van der Waals surface area contributed by atoms with Crippen LogP contribution in [0.3, 0.4) is 0 Å². The largest absolute Gasteiger partial charge is 0.342 e. The fourth-order valence-corrected chi connectivity index (χ4v) is 3.80. The number of carbonyl (C=O) groups is 1. The van der Waals surface area contributed by atoms with E-state index in [0.29, 0.717) is 5.56 Å². The number of carbonyl (C=O) groups excluding carboxylic acids is 1. The Balaban J connectivity index is 2.05. The SMILES string of the molecule is Cn1cc(C(=O)Nc2ccc(F)cc2-c2ccc(Cl)c(Cl)c2)c(S(=O)(=O)C(F)F)n1. The van der Waals surface area contributed by atoms with Gasteiger partial charge in [0.2, 0.25) is 0 Å². The Hall–Kier alpha value is -2.56. The molecule has 0 spiro atoms. The molecular formula is C18H12Cl2F3N3O3S. The number of nitrogens with one attached hydrogen (secondary N) is 1. The highest BCUT2D eigenvalue weighted by Crippen LogP contribution is 2.34. The van der Waals surface area contributed by atoms with Crippen LogP contribution in [0.25, 0.3) is 11.1 Å². The number of sulfone groups is 1. The predicted octanol–water partition coefficient (Wildman–Crippen LogP) is 4.78. The second kappa shape index (κ2) is 8.29. The highest BCUT2D eigenvalue weighted by molar-refractivity contribution is 7.91. The van der Waals surface area contributed by atoms with Crippen molar-refractivity contribution in [2.24, 2.45) is 7.05 Å². The van der Waals surface area contributed by atoms with Crippen LogP contribution < -0.4 is 5.32 Å². The van der Waals surface area contributed by atoms with E-state index in [9.17, 15) is 26.4 Å². The molecule has 12 heteroatoms. The Morgan fingerprint density at radius 3 is 2.47 bits per heavy atom. The molecule has 0 saturated carbocycles. The van der Waals surface area contributed by atoms with Crippen molar-refractivity contribution in [2.75, 3.05) is 5.32 Å². The zero-order valence-electron chi connectivity index (χ0n) is 15.0. The highest BCUT2D eigenvalue weighted by atomic mass is 35.5. The summed E-state index contributed by atoms with van der Waals surface area (Å²) in [4.78, 5) is 12.7. The normalized spacial score (nSPS) is 11.7. The number of benzene rings is 2. The average Bonchev–Trinajstić information content (AvgIpc) is 3.08. The van der Waals surface area contributed by atoms with E-state index >= 15 is 0 Å². The van der Waals surface area contributed by atoms with Crippen LogP contribution >= 0.6 is 23.2 Å². The van der Waals surface area contributed by atoms with E-state index in [2.05, 4.69) is 10.4 Å². The molecule has 0 aliphatic heterocycles. The summed E-state index contributed by atoms with van der Waals surface area (Å²) >= 11 is 11.9. The molecule has 6 nitrogen and oxygen atoms in total. The summed E-state index contributed by atoms with van der Waals surface area (Å²) in [6.07, 6.45) is 0.993. The van der Waals surface area contributed by atoms with Gasteiger partial charge in [-0.2, -0.15) is 13.9 Å². The standard InChI is InChI=1S/C18H12Cl2F3N3O3S/c1-26-8-12(17(25-26)30(28,29)18(22)23)16(27)24-15-5-3-10(21)7-11(15)9-2-4-13(19)14(20)6-9/h2-8,18H,1H3,(H,24,27). The molecule has 3 rings (SSSR count). The van der Waals surface area contributed by atoms with Crippen LogP contribution in [0.5, 0.6) is 0 Å². The third-order valence-electron chi connectivity index (χ3n) is 4.00. The number of hydrogen-bond acceptors (Lipinski definition) is 4. The van der Waals surface area contributed by atoms with Gasteiger partial charge in [0.05, 0.1) is 15.6 Å². The Kier molecular flexibility index (Phi) is 6.11. The Bertz CT molecular complexity index is 1250. The van der Waals surface area contributed by atoms with E-state index in [1.165, 1.54) is 31.3 Å². The van der Waals surface area contributed by atoms with E-state index < -0.39 is 37.9 Å². The lowest BCUT2D eigenvalue weighted by atomic mass is 10.0. The summed E-state index contributed by atoms with van der Waals surface area (Å²) in [6, 6.07) is 7.89. The first kappa shape index (κ1) is 22.1. The van der Waals surface area contributed by atoms with Crippen LogP contribution in [-0.2, 0) is 16.9 Å². The van der Waals surface area contributed by atoms with Crippen molar-refractivity contribution in [3.05, 3.63) is 64.0 Å². The van der Waals surface area contributed by atoms with E-state index in [-0.39, 0.29) is 21.3 Å². The molecule has 3 aromatic rings. The Morgan fingerprint density at radius 2 is 1.83 bits per heavy atom. The second-order valence-corrected chi connectivity index (χ2v) is 8.75. The van der Waals surface area contributed by atoms with Crippen molar-refractivity contribution in [2.45, 2.75) is 10.8 Å². The first-order valence-corrected chi connectivity index (χ1v) is 10.4. The molecule has 158 valence electrons. The lowest BCUT2D eigenvalue weighted by Crippen LogP contribution is -2.19. The fourth-order valence-electron chi connectivity index (χ4n) is 2.64. The van der Waals surface area contributed by atoms with E-state index in [0.717, 1.165) is 23.0 Å². The molecule has 0 atom stereocenters.